The van der Waals surface area contributed by atoms with Crippen LogP contribution in [0.2, 0.25) is 0 Å². The number of aromatic nitrogens is 1. The Morgan fingerprint density at radius 2 is 2.05 bits per heavy atom. The Bertz CT molecular complexity index is 665. The molecule has 1 amide bonds. The number of thiazole rings is 1. The maximum atomic E-state index is 13.7. The minimum atomic E-state index is -1.01. The van der Waals surface area contributed by atoms with Crippen LogP contribution in [0.5, 0.6) is 0 Å². The van der Waals surface area contributed by atoms with E-state index in [1.807, 2.05) is 6.92 Å². The van der Waals surface area contributed by atoms with Crippen LogP contribution in [0.3, 0.4) is 0 Å². The molecular weight excluding hydrogens is 308 g/mol. The highest BCUT2D eigenvalue weighted by Crippen LogP contribution is 2.29. The van der Waals surface area contributed by atoms with E-state index in [-0.39, 0.29) is 22.3 Å². The number of nitrogens with one attached hydrogen (secondary N) is 1. The van der Waals surface area contributed by atoms with E-state index in [0.29, 0.717) is 6.42 Å². The molecule has 3 N–H and O–H groups in total. The Labute approximate surface area is 131 Å². The average Bonchev–Trinajstić information content (AvgIpc) is 2.86. The van der Waals surface area contributed by atoms with Crippen molar-refractivity contribution in [1.82, 2.24) is 4.98 Å². The first-order chi connectivity index (χ1) is 10.3. The molecule has 1 aromatic carbocycles. The van der Waals surface area contributed by atoms with Crippen molar-refractivity contribution in [3.63, 3.8) is 0 Å². The number of hydrogen-bond acceptors (Lipinski definition) is 4. The van der Waals surface area contributed by atoms with Crippen LogP contribution < -0.4 is 11.1 Å². The van der Waals surface area contributed by atoms with Crippen molar-refractivity contribution in [2.45, 2.75) is 32.2 Å². The van der Waals surface area contributed by atoms with Gasteiger partial charge in [0, 0.05) is 5.38 Å². The van der Waals surface area contributed by atoms with Gasteiger partial charge in [0.05, 0.1) is 16.8 Å². The molecule has 1 aromatic heterocycles. The van der Waals surface area contributed by atoms with Gasteiger partial charge in [-0.15, -0.1) is 11.3 Å². The molecule has 0 spiro atoms. The van der Waals surface area contributed by atoms with Gasteiger partial charge < -0.3 is 11.1 Å². The highest BCUT2D eigenvalue weighted by molar-refractivity contribution is 7.14. The molecule has 0 saturated heterocycles. The van der Waals surface area contributed by atoms with E-state index in [9.17, 15) is 13.6 Å². The third kappa shape index (κ3) is 3.48. The zero-order valence-electron chi connectivity index (χ0n) is 12.3. The number of anilines is 1. The van der Waals surface area contributed by atoms with Gasteiger partial charge >= 0.3 is 0 Å². The molecule has 0 aliphatic carbocycles. The van der Waals surface area contributed by atoms with Gasteiger partial charge in [-0.2, -0.15) is 0 Å². The fourth-order valence-electron chi connectivity index (χ4n) is 2.06. The highest BCUT2D eigenvalue weighted by Gasteiger charge is 2.28. The first-order valence-corrected chi connectivity index (χ1v) is 7.73. The second-order valence-corrected chi connectivity index (χ2v) is 6.11. The number of amides is 1. The normalized spacial score (nSPS) is 13.7. The Balaban J connectivity index is 2.21. The van der Waals surface area contributed by atoms with Crippen molar-refractivity contribution in [2.75, 3.05) is 5.32 Å². The average molecular weight is 325 g/mol. The quantitative estimate of drug-likeness (QED) is 0.883. The van der Waals surface area contributed by atoms with E-state index < -0.39 is 17.2 Å². The summed E-state index contributed by atoms with van der Waals surface area (Å²) in [6.07, 6.45) is 1.29. The van der Waals surface area contributed by atoms with Crippen LogP contribution in [0.25, 0.3) is 11.3 Å². The molecule has 0 bridgehead atoms. The molecule has 0 aliphatic heterocycles. The molecule has 1 atom stereocenters. The van der Waals surface area contributed by atoms with Crippen LogP contribution in [-0.4, -0.2) is 16.4 Å². The van der Waals surface area contributed by atoms with Crippen molar-refractivity contribution in [1.29, 1.82) is 0 Å². The monoisotopic (exact) mass is 325 g/mol. The van der Waals surface area contributed by atoms with Crippen molar-refractivity contribution >= 4 is 22.4 Å². The second-order valence-electron chi connectivity index (χ2n) is 5.26. The molecule has 0 saturated carbocycles. The number of nitrogens with two attached hydrogens (primary N) is 1. The SMILES string of the molecule is CCCC(C)(N)C(=O)Nc1nc(-c2c(F)cccc2F)cs1. The van der Waals surface area contributed by atoms with Crippen molar-refractivity contribution in [2.24, 2.45) is 5.73 Å². The predicted octanol–water partition coefficient (Wildman–Crippen LogP) is 3.54. The Hall–Kier alpha value is -1.86. The molecule has 0 radical (unpaired) electrons. The summed E-state index contributed by atoms with van der Waals surface area (Å²) in [5, 5.41) is 4.35. The van der Waals surface area contributed by atoms with Crippen LogP contribution in [-0.2, 0) is 4.79 Å². The fourth-order valence-corrected chi connectivity index (χ4v) is 2.76. The van der Waals surface area contributed by atoms with Gasteiger partial charge in [-0.25, -0.2) is 13.8 Å². The maximum Gasteiger partial charge on any atom is 0.245 e. The van der Waals surface area contributed by atoms with Gasteiger partial charge in [-0.05, 0) is 25.5 Å². The number of halogens is 2. The van der Waals surface area contributed by atoms with Gasteiger partial charge in [0.25, 0.3) is 0 Å². The molecule has 7 heteroatoms. The molecule has 4 nitrogen and oxygen atoms in total. The second kappa shape index (κ2) is 6.50. The predicted molar refractivity (Wildman–Crippen MR) is 83.6 cm³/mol. The third-order valence-electron chi connectivity index (χ3n) is 3.23. The number of hydrogen-bond donors (Lipinski definition) is 2. The van der Waals surface area contributed by atoms with Crippen molar-refractivity contribution in [3.8, 4) is 11.3 Å². The molecule has 0 fully saturated rings. The Morgan fingerprint density at radius 3 is 2.64 bits per heavy atom. The summed E-state index contributed by atoms with van der Waals surface area (Å²) in [6.45, 7) is 3.57. The number of rotatable bonds is 5. The van der Waals surface area contributed by atoms with E-state index in [1.54, 1.807) is 6.92 Å². The summed E-state index contributed by atoms with van der Waals surface area (Å²) in [6, 6.07) is 3.61. The number of nitrogens with zero attached hydrogens (tertiary/aromatic N) is 1. The molecule has 118 valence electrons. The van der Waals surface area contributed by atoms with Gasteiger partial charge in [-0.3, -0.25) is 4.79 Å². The minimum absolute atomic E-state index is 0.144. The lowest BCUT2D eigenvalue weighted by Gasteiger charge is -2.21. The lowest BCUT2D eigenvalue weighted by atomic mass is 9.97. The summed E-state index contributed by atoms with van der Waals surface area (Å²) >= 11 is 1.09. The molecular formula is C15H17F2N3OS. The van der Waals surface area contributed by atoms with Crippen LogP contribution >= 0.6 is 11.3 Å². The van der Waals surface area contributed by atoms with Crippen LogP contribution in [0.1, 0.15) is 26.7 Å². The van der Waals surface area contributed by atoms with Gasteiger partial charge in [0.2, 0.25) is 5.91 Å². The summed E-state index contributed by atoms with van der Waals surface area (Å²) in [5.74, 6) is -1.76. The van der Waals surface area contributed by atoms with Gasteiger partial charge in [0.15, 0.2) is 5.13 Å². The van der Waals surface area contributed by atoms with E-state index >= 15 is 0 Å². The van der Waals surface area contributed by atoms with E-state index in [2.05, 4.69) is 10.3 Å². The molecule has 1 unspecified atom stereocenters. The molecule has 2 rings (SSSR count). The fraction of sp³-hybridized carbons (Fsp3) is 0.333. The Morgan fingerprint density at radius 1 is 1.41 bits per heavy atom. The largest absolute Gasteiger partial charge is 0.318 e. The van der Waals surface area contributed by atoms with Crippen LogP contribution in [0, 0.1) is 11.6 Å². The van der Waals surface area contributed by atoms with E-state index in [1.165, 1.54) is 11.4 Å². The van der Waals surface area contributed by atoms with Gasteiger partial charge in [-0.1, -0.05) is 19.4 Å². The van der Waals surface area contributed by atoms with Crippen molar-refractivity contribution in [3.05, 3.63) is 35.2 Å². The zero-order chi connectivity index (χ0) is 16.3. The lowest BCUT2D eigenvalue weighted by Crippen LogP contribution is -2.48. The summed E-state index contributed by atoms with van der Waals surface area (Å²) < 4.78 is 27.4. The highest BCUT2D eigenvalue weighted by atomic mass is 32.1. The third-order valence-corrected chi connectivity index (χ3v) is 3.99. The lowest BCUT2D eigenvalue weighted by molar-refractivity contribution is -0.120. The smallest absolute Gasteiger partial charge is 0.245 e. The van der Waals surface area contributed by atoms with Crippen molar-refractivity contribution < 1.29 is 13.6 Å². The summed E-state index contributed by atoms with van der Waals surface area (Å²) in [7, 11) is 0. The maximum absolute atomic E-state index is 13.7. The van der Waals surface area contributed by atoms with Gasteiger partial charge in [0.1, 0.15) is 11.6 Å². The zero-order valence-corrected chi connectivity index (χ0v) is 13.1. The van der Waals surface area contributed by atoms with E-state index in [0.717, 1.165) is 29.9 Å². The molecule has 22 heavy (non-hydrogen) atoms. The molecule has 2 aromatic rings. The first-order valence-electron chi connectivity index (χ1n) is 6.85. The van der Waals surface area contributed by atoms with E-state index in [4.69, 9.17) is 5.73 Å². The molecule has 1 heterocycles. The molecule has 0 aliphatic rings. The number of benzene rings is 1. The van der Waals surface area contributed by atoms with Crippen LogP contribution in [0.4, 0.5) is 13.9 Å². The first kappa shape index (κ1) is 16.5. The van der Waals surface area contributed by atoms with Crippen LogP contribution in [0.15, 0.2) is 23.6 Å². The Kier molecular flexibility index (Phi) is 4.87. The topological polar surface area (TPSA) is 68.0 Å². The standard InChI is InChI=1S/C15H17F2N3OS/c1-3-7-15(2,18)13(21)20-14-19-11(8-22-14)12-9(16)5-4-6-10(12)17/h4-6,8H,3,7,18H2,1-2H3,(H,19,20,21). The number of carbonyl (C=O) groups is 1. The minimum Gasteiger partial charge on any atom is -0.318 e. The number of carbonyl (C=O) groups excluding carboxylic acids is 1. The summed E-state index contributed by atoms with van der Waals surface area (Å²) in [4.78, 5) is 16.2. The summed E-state index contributed by atoms with van der Waals surface area (Å²) in [5.41, 5.74) is 4.86.